The summed E-state index contributed by atoms with van der Waals surface area (Å²) >= 11 is 0. The van der Waals surface area contributed by atoms with Crippen LogP contribution in [0.5, 0.6) is 0 Å². The van der Waals surface area contributed by atoms with Gasteiger partial charge < -0.3 is 15.0 Å². The average molecular weight is 224 g/mol. The molecule has 0 aliphatic carbocycles. The van der Waals surface area contributed by atoms with Crippen molar-refractivity contribution in [2.45, 2.75) is 33.2 Å². The van der Waals surface area contributed by atoms with E-state index in [9.17, 15) is 0 Å². The molecule has 0 fully saturated rings. The standard InChI is InChI=1S/C13H24N2O/c1-13(2,6-4-8-16)11-14-9-12-5-7-15(3)10-12/h5,7,10,14,16H,4,6,8-9,11H2,1-3H3. The van der Waals surface area contributed by atoms with Crippen LogP contribution in [0.2, 0.25) is 0 Å². The van der Waals surface area contributed by atoms with E-state index in [1.807, 2.05) is 7.05 Å². The molecule has 16 heavy (non-hydrogen) atoms. The SMILES string of the molecule is Cn1ccc(CNCC(C)(C)CCCO)c1. The molecule has 1 heterocycles. The molecular formula is C13H24N2O. The highest BCUT2D eigenvalue weighted by molar-refractivity contribution is 5.09. The van der Waals surface area contributed by atoms with Crippen LogP contribution in [-0.4, -0.2) is 22.8 Å². The van der Waals surface area contributed by atoms with Crippen LogP contribution in [0.25, 0.3) is 0 Å². The van der Waals surface area contributed by atoms with Gasteiger partial charge in [-0.3, -0.25) is 0 Å². The second-order valence-corrected chi connectivity index (χ2v) is 5.28. The number of hydrogen-bond donors (Lipinski definition) is 2. The molecule has 0 bridgehead atoms. The van der Waals surface area contributed by atoms with E-state index in [0.717, 1.165) is 25.9 Å². The molecule has 3 nitrogen and oxygen atoms in total. The first-order valence-corrected chi connectivity index (χ1v) is 5.96. The summed E-state index contributed by atoms with van der Waals surface area (Å²) in [5, 5.41) is 12.3. The number of aromatic nitrogens is 1. The Hall–Kier alpha value is -0.800. The average Bonchev–Trinajstić information content (AvgIpc) is 2.61. The van der Waals surface area contributed by atoms with Crippen molar-refractivity contribution in [1.29, 1.82) is 0 Å². The quantitative estimate of drug-likeness (QED) is 0.742. The molecule has 0 aromatic carbocycles. The molecule has 0 amide bonds. The van der Waals surface area contributed by atoms with Gasteiger partial charge in [-0.1, -0.05) is 13.8 Å². The highest BCUT2D eigenvalue weighted by atomic mass is 16.2. The van der Waals surface area contributed by atoms with Crippen LogP contribution in [0.1, 0.15) is 32.3 Å². The van der Waals surface area contributed by atoms with Gasteiger partial charge in [0.15, 0.2) is 0 Å². The monoisotopic (exact) mass is 224 g/mol. The lowest BCUT2D eigenvalue weighted by molar-refractivity contribution is 0.236. The summed E-state index contributed by atoms with van der Waals surface area (Å²) in [4.78, 5) is 0. The second kappa shape index (κ2) is 6.06. The molecule has 0 aliphatic rings. The van der Waals surface area contributed by atoms with Gasteiger partial charge in [-0.2, -0.15) is 0 Å². The minimum atomic E-state index is 0.261. The van der Waals surface area contributed by atoms with Crippen LogP contribution in [0, 0.1) is 5.41 Å². The maximum atomic E-state index is 8.81. The number of aliphatic hydroxyl groups is 1. The van der Waals surface area contributed by atoms with E-state index in [2.05, 4.69) is 42.2 Å². The molecule has 2 N–H and O–H groups in total. The van der Waals surface area contributed by atoms with Crippen molar-refractivity contribution in [3.63, 3.8) is 0 Å². The molecule has 0 aliphatic heterocycles. The zero-order chi connectivity index (χ0) is 12.0. The van der Waals surface area contributed by atoms with Crippen molar-refractivity contribution >= 4 is 0 Å². The molecule has 1 rings (SSSR count). The number of hydrogen-bond acceptors (Lipinski definition) is 2. The molecule has 0 saturated heterocycles. The number of nitrogens with zero attached hydrogens (tertiary/aromatic N) is 1. The van der Waals surface area contributed by atoms with E-state index in [0.29, 0.717) is 6.61 Å². The Kier molecular flexibility index (Phi) is 5.03. The Morgan fingerprint density at radius 1 is 1.44 bits per heavy atom. The molecule has 1 aromatic rings. The number of aliphatic hydroxyl groups excluding tert-OH is 1. The van der Waals surface area contributed by atoms with Gasteiger partial charge in [0.1, 0.15) is 0 Å². The summed E-state index contributed by atoms with van der Waals surface area (Å²) < 4.78 is 2.06. The lowest BCUT2D eigenvalue weighted by Crippen LogP contribution is -2.29. The smallest absolute Gasteiger partial charge is 0.0431 e. The minimum Gasteiger partial charge on any atom is -0.396 e. The van der Waals surface area contributed by atoms with Crippen molar-refractivity contribution < 1.29 is 5.11 Å². The fraction of sp³-hybridized carbons (Fsp3) is 0.692. The van der Waals surface area contributed by atoms with Crippen LogP contribution in [-0.2, 0) is 13.6 Å². The van der Waals surface area contributed by atoms with Gasteiger partial charge in [0.05, 0.1) is 0 Å². The van der Waals surface area contributed by atoms with Crippen LogP contribution in [0.4, 0.5) is 0 Å². The summed E-state index contributed by atoms with van der Waals surface area (Å²) in [6.45, 7) is 6.68. The van der Waals surface area contributed by atoms with Crippen molar-refractivity contribution in [2.24, 2.45) is 12.5 Å². The first kappa shape index (κ1) is 13.3. The number of nitrogens with one attached hydrogen (secondary N) is 1. The van der Waals surface area contributed by atoms with Gasteiger partial charge in [0.2, 0.25) is 0 Å². The van der Waals surface area contributed by atoms with Gasteiger partial charge in [0.25, 0.3) is 0 Å². The van der Waals surface area contributed by atoms with Crippen LogP contribution in [0.3, 0.4) is 0 Å². The highest BCUT2D eigenvalue weighted by Gasteiger charge is 2.16. The minimum absolute atomic E-state index is 0.261. The highest BCUT2D eigenvalue weighted by Crippen LogP contribution is 2.20. The summed E-state index contributed by atoms with van der Waals surface area (Å²) in [5.41, 5.74) is 1.58. The van der Waals surface area contributed by atoms with Gasteiger partial charge in [-0.05, 0) is 29.9 Å². The third-order valence-corrected chi connectivity index (χ3v) is 2.84. The fourth-order valence-electron chi connectivity index (χ4n) is 1.86. The zero-order valence-corrected chi connectivity index (χ0v) is 10.7. The third kappa shape index (κ3) is 4.81. The molecule has 0 atom stereocenters. The lowest BCUT2D eigenvalue weighted by atomic mass is 9.88. The van der Waals surface area contributed by atoms with Crippen molar-refractivity contribution in [3.05, 3.63) is 24.0 Å². The van der Waals surface area contributed by atoms with E-state index >= 15 is 0 Å². The summed E-state index contributed by atoms with van der Waals surface area (Å²) in [6, 6.07) is 2.13. The van der Waals surface area contributed by atoms with Gasteiger partial charge in [-0.15, -0.1) is 0 Å². The van der Waals surface area contributed by atoms with Crippen molar-refractivity contribution in [3.8, 4) is 0 Å². The van der Waals surface area contributed by atoms with E-state index < -0.39 is 0 Å². The molecule has 0 radical (unpaired) electrons. The first-order valence-electron chi connectivity index (χ1n) is 5.96. The van der Waals surface area contributed by atoms with Crippen LogP contribution >= 0.6 is 0 Å². The second-order valence-electron chi connectivity index (χ2n) is 5.28. The largest absolute Gasteiger partial charge is 0.396 e. The van der Waals surface area contributed by atoms with Gasteiger partial charge >= 0.3 is 0 Å². The normalized spacial score (nSPS) is 12.0. The van der Waals surface area contributed by atoms with Crippen molar-refractivity contribution in [2.75, 3.05) is 13.2 Å². The Balaban J connectivity index is 2.24. The van der Waals surface area contributed by atoms with Crippen LogP contribution in [0.15, 0.2) is 18.5 Å². The summed E-state index contributed by atoms with van der Waals surface area (Å²) in [6.07, 6.45) is 6.15. The Morgan fingerprint density at radius 3 is 2.75 bits per heavy atom. The Bertz CT molecular complexity index is 305. The topological polar surface area (TPSA) is 37.2 Å². The third-order valence-electron chi connectivity index (χ3n) is 2.84. The van der Waals surface area contributed by atoms with Crippen LogP contribution < -0.4 is 5.32 Å². The van der Waals surface area contributed by atoms with E-state index in [4.69, 9.17) is 5.11 Å². The predicted molar refractivity (Wildman–Crippen MR) is 67.2 cm³/mol. The molecule has 0 unspecified atom stereocenters. The van der Waals surface area contributed by atoms with E-state index in [-0.39, 0.29) is 5.41 Å². The molecule has 0 spiro atoms. The summed E-state index contributed by atoms with van der Waals surface area (Å²) in [7, 11) is 2.04. The number of rotatable bonds is 7. The Labute approximate surface area is 98.5 Å². The molecule has 92 valence electrons. The number of aryl methyl sites for hydroxylation is 1. The van der Waals surface area contributed by atoms with E-state index in [1.165, 1.54) is 5.56 Å². The molecule has 3 heteroatoms. The van der Waals surface area contributed by atoms with Gasteiger partial charge in [-0.25, -0.2) is 0 Å². The zero-order valence-electron chi connectivity index (χ0n) is 10.7. The predicted octanol–water partition coefficient (Wildman–Crippen LogP) is 1.91. The van der Waals surface area contributed by atoms with Gasteiger partial charge in [0, 0.05) is 39.1 Å². The van der Waals surface area contributed by atoms with Crippen molar-refractivity contribution in [1.82, 2.24) is 9.88 Å². The lowest BCUT2D eigenvalue weighted by Gasteiger charge is -2.24. The maximum absolute atomic E-state index is 8.81. The van der Waals surface area contributed by atoms with E-state index in [1.54, 1.807) is 0 Å². The summed E-state index contributed by atoms with van der Waals surface area (Å²) in [5.74, 6) is 0. The first-order chi connectivity index (χ1) is 7.53. The Morgan fingerprint density at radius 2 is 2.19 bits per heavy atom. The molecular weight excluding hydrogens is 200 g/mol. The molecule has 0 saturated carbocycles. The fourth-order valence-corrected chi connectivity index (χ4v) is 1.86. The maximum Gasteiger partial charge on any atom is 0.0431 e. The molecule has 1 aromatic heterocycles.